The van der Waals surface area contributed by atoms with Gasteiger partial charge < -0.3 is 31.0 Å². The molecule has 40 heavy (non-hydrogen) atoms. The third-order valence-electron chi connectivity index (χ3n) is 9.80. The van der Waals surface area contributed by atoms with Crippen LogP contribution in [0.2, 0.25) is 0 Å². The lowest BCUT2D eigenvalue weighted by molar-refractivity contribution is -0.128. The van der Waals surface area contributed by atoms with Crippen molar-refractivity contribution in [3.8, 4) is 0 Å². The molecule has 1 amide bonds. The maximum Gasteiger partial charge on any atom is 0.239 e. The van der Waals surface area contributed by atoms with Gasteiger partial charge in [0, 0.05) is 68.9 Å². The Bertz CT molecular complexity index is 1270. The molecule has 3 fully saturated rings. The first kappa shape index (κ1) is 27.2. The van der Waals surface area contributed by atoms with Crippen molar-refractivity contribution >= 4 is 23.6 Å². The van der Waals surface area contributed by atoms with Crippen LogP contribution in [0.1, 0.15) is 66.7 Å². The Labute approximate surface area is 237 Å². The van der Waals surface area contributed by atoms with Gasteiger partial charge >= 0.3 is 0 Å². The highest BCUT2D eigenvalue weighted by atomic mass is 16.5. The molecule has 4 atom stereocenters. The normalized spacial score (nSPS) is 28.1. The van der Waals surface area contributed by atoms with Gasteiger partial charge in [-0.25, -0.2) is 4.98 Å². The summed E-state index contributed by atoms with van der Waals surface area (Å²) in [7, 11) is 1.86. The lowest BCUT2D eigenvalue weighted by Crippen LogP contribution is -2.56. The van der Waals surface area contributed by atoms with Gasteiger partial charge in [0.15, 0.2) is 0 Å². The second-order valence-electron chi connectivity index (χ2n) is 12.4. The van der Waals surface area contributed by atoms with Gasteiger partial charge in [-0.15, -0.1) is 0 Å². The van der Waals surface area contributed by atoms with Crippen molar-refractivity contribution in [1.29, 1.82) is 5.41 Å². The number of hydrogen-bond acceptors (Lipinski definition) is 8. The number of morpholine rings is 1. The van der Waals surface area contributed by atoms with Crippen molar-refractivity contribution in [2.75, 3.05) is 43.6 Å². The van der Waals surface area contributed by atoms with E-state index in [2.05, 4.69) is 43.5 Å². The highest BCUT2D eigenvalue weighted by Crippen LogP contribution is 2.50. The van der Waals surface area contributed by atoms with Crippen molar-refractivity contribution in [3.63, 3.8) is 0 Å². The Morgan fingerprint density at radius 3 is 2.98 bits per heavy atom. The number of fused-ring (bicyclic) bond motifs is 3. The first-order valence-corrected chi connectivity index (χ1v) is 15.0. The van der Waals surface area contributed by atoms with Crippen molar-refractivity contribution in [2.45, 2.75) is 84.0 Å². The molecule has 2 bridgehead atoms. The summed E-state index contributed by atoms with van der Waals surface area (Å²) >= 11 is 0. The summed E-state index contributed by atoms with van der Waals surface area (Å²) in [6, 6.07) is 2.14. The van der Waals surface area contributed by atoms with Crippen LogP contribution in [-0.4, -0.2) is 72.3 Å². The van der Waals surface area contributed by atoms with E-state index < -0.39 is 0 Å². The van der Waals surface area contributed by atoms with E-state index in [4.69, 9.17) is 15.2 Å². The molecule has 10 heteroatoms. The SMILES string of the molecule is CNc1nc(C)cc(N2CCc3c(c(C)nn3CC34CCCC(C3)C(NC(=O)[C@H]3COCCN3)CC4)C2)c1C=N. The number of carbonyl (C=O) groups is 1. The van der Waals surface area contributed by atoms with E-state index in [0.29, 0.717) is 19.1 Å². The largest absolute Gasteiger partial charge is 0.378 e. The summed E-state index contributed by atoms with van der Waals surface area (Å²) in [6.07, 6.45) is 9.36. The predicted molar refractivity (Wildman–Crippen MR) is 156 cm³/mol. The standard InChI is InChI=1S/C30H44N8O2/c1-19-13-27(22(15-31)28(32-3)34-19)37-11-7-26-23(16-37)20(2)36-38(26)18-30-8-4-5-21(14-30)24(6-9-30)35-29(39)25-17-40-12-10-33-25/h13,15,21,24-25,31,33H,4-12,14,16-18H2,1-3H3,(H,32,34)(H,35,39)/t21?,24?,25-,30?/m1/s1. The molecule has 2 aliphatic heterocycles. The molecule has 2 aliphatic carbocycles. The molecule has 10 nitrogen and oxygen atoms in total. The van der Waals surface area contributed by atoms with E-state index in [1.165, 1.54) is 36.7 Å². The minimum atomic E-state index is -0.224. The van der Waals surface area contributed by atoms with Crippen LogP contribution in [0.4, 0.5) is 11.5 Å². The predicted octanol–water partition coefficient (Wildman–Crippen LogP) is 2.94. The van der Waals surface area contributed by atoms with Gasteiger partial charge in [-0.2, -0.15) is 5.10 Å². The molecule has 0 radical (unpaired) electrons. The zero-order valence-electron chi connectivity index (χ0n) is 24.2. The Kier molecular flexibility index (Phi) is 7.56. The maximum absolute atomic E-state index is 12.9. The van der Waals surface area contributed by atoms with Gasteiger partial charge in [-0.05, 0) is 63.4 Å². The van der Waals surface area contributed by atoms with Gasteiger partial charge in [-0.3, -0.25) is 9.48 Å². The van der Waals surface area contributed by atoms with Gasteiger partial charge in [0.05, 0.1) is 30.2 Å². The lowest BCUT2D eigenvalue weighted by atomic mass is 9.60. The second-order valence-corrected chi connectivity index (χ2v) is 12.4. The molecule has 216 valence electrons. The molecule has 3 unspecified atom stereocenters. The number of carbonyl (C=O) groups excluding carboxylic acids is 1. The molecule has 1 saturated heterocycles. The number of aromatic nitrogens is 3. The summed E-state index contributed by atoms with van der Waals surface area (Å²) in [6.45, 7) is 8.71. The summed E-state index contributed by atoms with van der Waals surface area (Å²) in [5.41, 5.74) is 6.93. The Morgan fingerprint density at radius 2 is 2.20 bits per heavy atom. The van der Waals surface area contributed by atoms with E-state index in [-0.39, 0.29) is 23.4 Å². The fourth-order valence-corrected chi connectivity index (χ4v) is 7.77. The molecular formula is C30H44N8O2. The Morgan fingerprint density at radius 1 is 1.32 bits per heavy atom. The zero-order chi connectivity index (χ0) is 27.9. The first-order valence-electron chi connectivity index (χ1n) is 15.0. The van der Waals surface area contributed by atoms with E-state index in [1.807, 2.05) is 14.0 Å². The minimum absolute atomic E-state index is 0.0986. The lowest BCUT2D eigenvalue weighted by Gasteiger charge is -2.49. The molecule has 2 aromatic heterocycles. The number of pyridine rings is 1. The minimum Gasteiger partial charge on any atom is -0.378 e. The van der Waals surface area contributed by atoms with Crippen LogP contribution in [0.3, 0.4) is 0 Å². The van der Waals surface area contributed by atoms with Crippen molar-refractivity contribution in [2.24, 2.45) is 11.3 Å². The summed E-state index contributed by atoms with van der Waals surface area (Å²) < 4.78 is 7.85. The monoisotopic (exact) mass is 548 g/mol. The number of hydrogen-bond donors (Lipinski definition) is 4. The molecule has 4 N–H and O–H groups in total. The van der Waals surface area contributed by atoms with Crippen molar-refractivity contribution < 1.29 is 9.53 Å². The Balaban J connectivity index is 1.16. The summed E-state index contributed by atoms with van der Waals surface area (Å²) in [5.74, 6) is 1.39. The smallest absolute Gasteiger partial charge is 0.239 e. The molecule has 2 aromatic rings. The molecule has 2 saturated carbocycles. The topological polar surface area (TPSA) is 120 Å². The number of nitrogens with zero attached hydrogens (tertiary/aromatic N) is 4. The fraction of sp³-hybridized carbons (Fsp3) is 0.667. The van der Waals surface area contributed by atoms with E-state index in [0.717, 1.165) is 80.3 Å². The summed E-state index contributed by atoms with van der Waals surface area (Å²) in [4.78, 5) is 19.9. The maximum atomic E-state index is 12.9. The average molecular weight is 549 g/mol. The number of rotatable bonds is 7. The number of nitrogens with one attached hydrogen (secondary N) is 4. The van der Waals surface area contributed by atoms with Gasteiger partial charge in [0.2, 0.25) is 5.91 Å². The second kappa shape index (κ2) is 11.1. The van der Waals surface area contributed by atoms with E-state index in [9.17, 15) is 4.79 Å². The zero-order valence-corrected chi connectivity index (χ0v) is 24.2. The molecule has 0 aromatic carbocycles. The van der Waals surface area contributed by atoms with Crippen LogP contribution in [0.5, 0.6) is 0 Å². The summed E-state index contributed by atoms with van der Waals surface area (Å²) in [5, 5.41) is 23.0. The van der Waals surface area contributed by atoms with Gasteiger partial charge in [0.25, 0.3) is 0 Å². The van der Waals surface area contributed by atoms with Crippen molar-refractivity contribution in [3.05, 3.63) is 34.3 Å². The fourth-order valence-electron chi connectivity index (χ4n) is 7.77. The van der Waals surface area contributed by atoms with Crippen LogP contribution < -0.4 is 20.9 Å². The van der Waals surface area contributed by atoms with Crippen LogP contribution in [0.25, 0.3) is 0 Å². The third kappa shape index (κ3) is 5.11. The molecule has 4 aliphatic rings. The molecule has 4 heterocycles. The van der Waals surface area contributed by atoms with Crippen LogP contribution in [-0.2, 0) is 29.0 Å². The van der Waals surface area contributed by atoms with Crippen molar-refractivity contribution in [1.82, 2.24) is 25.4 Å². The highest BCUT2D eigenvalue weighted by Gasteiger charge is 2.45. The third-order valence-corrected chi connectivity index (χ3v) is 9.80. The van der Waals surface area contributed by atoms with Gasteiger partial charge in [0.1, 0.15) is 11.9 Å². The molecular weight excluding hydrogens is 504 g/mol. The number of anilines is 2. The average Bonchev–Trinajstić information content (AvgIpc) is 3.28. The number of aryl methyl sites for hydroxylation is 2. The van der Waals surface area contributed by atoms with E-state index in [1.54, 1.807) is 0 Å². The van der Waals surface area contributed by atoms with Crippen LogP contribution >= 0.6 is 0 Å². The van der Waals surface area contributed by atoms with Crippen LogP contribution in [0.15, 0.2) is 6.07 Å². The number of ether oxygens (including phenoxy) is 1. The van der Waals surface area contributed by atoms with Gasteiger partial charge in [-0.1, -0.05) is 6.42 Å². The van der Waals surface area contributed by atoms with E-state index >= 15 is 0 Å². The molecule has 0 spiro atoms. The number of amides is 1. The highest BCUT2D eigenvalue weighted by molar-refractivity contribution is 5.92. The Hall–Kier alpha value is -2.98. The molecule has 6 rings (SSSR count). The quantitative estimate of drug-likeness (QED) is 0.393. The van der Waals surface area contributed by atoms with Crippen LogP contribution in [0, 0.1) is 30.6 Å². The first-order chi connectivity index (χ1) is 19.4.